The number of aliphatic hydroxyl groups is 5. The van der Waals surface area contributed by atoms with Gasteiger partial charge in [-0.05, 0) is 18.2 Å². The number of H-pyrrole nitrogens is 1. The van der Waals surface area contributed by atoms with Crippen molar-refractivity contribution in [3.8, 4) is 11.5 Å². The first-order chi connectivity index (χ1) is 12.7. The second kappa shape index (κ2) is 7.31. The van der Waals surface area contributed by atoms with Gasteiger partial charge in [-0.15, -0.1) is 0 Å². The first-order valence-corrected chi connectivity index (χ1v) is 7.95. The predicted molar refractivity (Wildman–Crippen MR) is 87.0 cm³/mol. The number of ether oxygens (including phenoxy) is 3. The van der Waals surface area contributed by atoms with E-state index in [2.05, 4.69) is 4.98 Å². The zero-order valence-electron chi connectivity index (χ0n) is 13.8. The molecule has 1 aromatic heterocycles. The van der Waals surface area contributed by atoms with Gasteiger partial charge in [-0.2, -0.15) is 0 Å². The Morgan fingerprint density at radius 3 is 2.67 bits per heavy atom. The molecule has 0 amide bonds. The number of rotatable bonds is 6. The molecule has 11 heteroatoms. The number of benzene rings is 1. The molecule has 1 aromatic carbocycles. The molecule has 7 N–H and O–H groups in total. The fourth-order valence-electron chi connectivity index (χ4n) is 2.76. The van der Waals surface area contributed by atoms with Gasteiger partial charge >= 0.3 is 11.9 Å². The number of carboxylic acid groups (broad SMARTS) is 1. The molecule has 1 saturated heterocycles. The highest BCUT2D eigenvalue weighted by molar-refractivity contribution is 5.87. The summed E-state index contributed by atoms with van der Waals surface area (Å²) in [4.78, 5) is 13.5. The van der Waals surface area contributed by atoms with Crippen molar-refractivity contribution < 1.29 is 49.6 Å². The molecule has 148 valence electrons. The topological polar surface area (TPSA) is 182 Å². The van der Waals surface area contributed by atoms with Gasteiger partial charge in [0, 0.05) is 17.1 Å². The molecule has 2 heterocycles. The van der Waals surface area contributed by atoms with Crippen LogP contribution >= 0.6 is 0 Å². The summed E-state index contributed by atoms with van der Waals surface area (Å²) in [5, 5.41) is 58.5. The molecular formula is C16H19NO10. The molecule has 1 aliphatic heterocycles. The number of hydrogen-bond acceptors (Lipinski definition) is 9. The van der Waals surface area contributed by atoms with Crippen LogP contribution in [0.25, 0.3) is 10.9 Å². The highest BCUT2D eigenvalue weighted by atomic mass is 16.8. The van der Waals surface area contributed by atoms with Gasteiger partial charge in [-0.1, -0.05) is 0 Å². The van der Waals surface area contributed by atoms with Crippen molar-refractivity contribution in [1.82, 2.24) is 4.98 Å². The van der Waals surface area contributed by atoms with Gasteiger partial charge in [-0.25, -0.2) is 4.79 Å². The summed E-state index contributed by atoms with van der Waals surface area (Å²) in [7, 11) is 0. The summed E-state index contributed by atoms with van der Waals surface area (Å²) in [5.74, 6) is -3.70. The molecule has 11 nitrogen and oxygen atoms in total. The lowest BCUT2D eigenvalue weighted by molar-refractivity contribution is -0.422. The molecule has 0 aliphatic carbocycles. The SMILES string of the molecule is O=C(O)COc1ccc2[nH]cc(O[C@]3(O)O[C@H](CO)[C@H](O)[C@H](O)[C@H]3O)c2c1. The van der Waals surface area contributed by atoms with E-state index in [-0.39, 0.29) is 11.5 Å². The van der Waals surface area contributed by atoms with Crippen LogP contribution in [0.5, 0.6) is 11.5 Å². The number of nitrogens with one attached hydrogen (secondary N) is 1. The van der Waals surface area contributed by atoms with E-state index >= 15 is 0 Å². The number of fused-ring (bicyclic) bond motifs is 1. The number of aliphatic carboxylic acids is 1. The second-order valence-electron chi connectivity index (χ2n) is 6.04. The molecule has 0 spiro atoms. The summed E-state index contributed by atoms with van der Waals surface area (Å²) in [6.07, 6.45) is -5.56. The molecular weight excluding hydrogens is 366 g/mol. The van der Waals surface area contributed by atoms with Crippen molar-refractivity contribution in [3.05, 3.63) is 24.4 Å². The van der Waals surface area contributed by atoms with E-state index in [4.69, 9.17) is 19.3 Å². The van der Waals surface area contributed by atoms with Crippen molar-refractivity contribution in [3.63, 3.8) is 0 Å². The van der Waals surface area contributed by atoms with Crippen molar-refractivity contribution in [2.45, 2.75) is 30.4 Å². The monoisotopic (exact) mass is 385 g/mol. The second-order valence-corrected chi connectivity index (χ2v) is 6.04. The average molecular weight is 385 g/mol. The van der Waals surface area contributed by atoms with Crippen LogP contribution in [0, 0.1) is 0 Å². The lowest BCUT2D eigenvalue weighted by atomic mass is 9.98. The highest BCUT2D eigenvalue weighted by Gasteiger charge is 2.55. The molecule has 0 saturated carbocycles. The fraction of sp³-hybridized carbons (Fsp3) is 0.438. The largest absolute Gasteiger partial charge is 0.482 e. The fourth-order valence-corrected chi connectivity index (χ4v) is 2.76. The number of aromatic amines is 1. The maximum absolute atomic E-state index is 10.6. The maximum Gasteiger partial charge on any atom is 0.355 e. The molecule has 0 radical (unpaired) electrons. The van der Waals surface area contributed by atoms with Crippen molar-refractivity contribution in [2.75, 3.05) is 13.2 Å². The zero-order valence-corrected chi connectivity index (χ0v) is 13.8. The third kappa shape index (κ3) is 3.69. The summed E-state index contributed by atoms with van der Waals surface area (Å²) >= 11 is 0. The van der Waals surface area contributed by atoms with Gasteiger partial charge in [0.25, 0.3) is 0 Å². The van der Waals surface area contributed by atoms with Gasteiger partial charge in [0.05, 0.1) is 6.61 Å². The molecule has 1 aliphatic rings. The van der Waals surface area contributed by atoms with Crippen LogP contribution in [0.4, 0.5) is 0 Å². The number of aliphatic hydroxyl groups excluding tert-OH is 4. The van der Waals surface area contributed by atoms with Crippen LogP contribution in [-0.4, -0.2) is 85.2 Å². The highest BCUT2D eigenvalue weighted by Crippen LogP contribution is 2.35. The first-order valence-electron chi connectivity index (χ1n) is 7.95. The number of carbonyl (C=O) groups is 1. The number of aromatic nitrogens is 1. The predicted octanol–water partition coefficient (Wildman–Crippen LogP) is -1.87. The van der Waals surface area contributed by atoms with Crippen LogP contribution in [-0.2, 0) is 9.53 Å². The third-order valence-electron chi connectivity index (χ3n) is 4.16. The minimum atomic E-state index is -2.75. The lowest BCUT2D eigenvalue weighted by Crippen LogP contribution is -2.67. The summed E-state index contributed by atoms with van der Waals surface area (Å²) in [5.41, 5.74) is 0.542. The minimum absolute atomic E-state index is 0.00685. The van der Waals surface area contributed by atoms with Crippen LogP contribution in [0.1, 0.15) is 0 Å². The maximum atomic E-state index is 10.6. The Morgan fingerprint density at radius 1 is 1.26 bits per heavy atom. The lowest BCUT2D eigenvalue weighted by Gasteiger charge is -2.44. The van der Waals surface area contributed by atoms with E-state index in [9.17, 15) is 30.3 Å². The van der Waals surface area contributed by atoms with Gasteiger partial charge < -0.3 is 49.8 Å². The van der Waals surface area contributed by atoms with Crippen LogP contribution in [0.15, 0.2) is 24.4 Å². The molecule has 0 bridgehead atoms. The number of carboxylic acids is 1. The Kier molecular flexibility index (Phi) is 5.24. The van der Waals surface area contributed by atoms with E-state index in [1.807, 2.05) is 0 Å². The third-order valence-corrected chi connectivity index (χ3v) is 4.16. The van der Waals surface area contributed by atoms with Gasteiger partial charge in [0.2, 0.25) is 0 Å². The van der Waals surface area contributed by atoms with Crippen LogP contribution in [0.3, 0.4) is 0 Å². The Morgan fingerprint density at radius 2 is 2.00 bits per heavy atom. The normalized spacial score (nSPS) is 31.0. The van der Waals surface area contributed by atoms with Crippen LogP contribution in [0.2, 0.25) is 0 Å². The van der Waals surface area contributed by atoms with Crippen molar-refractivity contribution in [2.24, 2.45) is 0 Å². The standard InChI is InChI=1S/C16H19NO10/c18-5-11-13(21)14(22)15(23)16(24,27-11)26-10-4-17-9-2-1-7(3-8(9)10)25-6-12(19)20/h1-4,11,13-15,17-18,21-24H,5-6H2,(H,19,20)/t11-,13+,14+,15-,16+/m1/s1. The Balaban J connectivity index is 1.88. The summed E-state index contributed by atoms with van der Waals surface area (Å²) in [6, 6.07) is 4.54. The van der Waals surface area contributed by atoms with Gasteiger partial charge in [0.1, 0.15) is 24.1 Å². The molecule has 5 atom stereocenters. The summed E-state index contributed by atoms with van der Waals surface area (Å²) < 4.78 is 15.5. The molecule has 3 rings (SSSR count). The average Bonchev–Trinajstić information content (AvgIpc) is 3.03. The van der Waals surface area contributed by atoms with Crippen molar-refractivity contribution in [1.29, 1.82) is 0 Å². The molecule has 1 fully saturated rings. The van der Waals surface area contributed by atoms with Crippen molar-refractivity contribution >= 4 is 16.9 Å². The van der Waals surface area contributed by atoms with E-state index < -0.39 is 49.6 Å². The van der Waals surface area contributed by atoms with Gasteiger partial charge in [-0.3, -0.25) is 0 Å². The van der Waals surface area contributed by atoms with Gasteiger partial charge in [0.15, 0.2) is 18.5 Å². The Labute approximate surface area is 152 Å². The smallest absolute Gasteiger partial charge is 0.355 e. The molecule has 0 unspecified atom stereocenters. The van der Waals surface area contributed by atoms with Crippen LogP contribution < -0.4 is 9.47 Å². The number of hydrogen-bond donors (Lipinski definition) is 7. The van der Waals surface area contributed by atoms with E-state index in [0.717, 1.165) is 0 Å². The minimum Gasteiger partial charge on any atom is -0.482 e. The molecule has 2 aromatic rings. The Hall–Kier alpha value is -2.41. The Bertz CT molecular complexity index is 821. The summed E-state index contributed by atoms with van der Waals surface area (Å²) in [6.45, 7) is -1.29. The van der Waals surface area contributed by atoms with E-state index in [1.165, 1.54) is 18.3 Å². The molecule has 27 heavy (non-hydrogen) atoms. The van der Waals surface area contributed by atoms with E-state index in [0.29, 0.717) is 10.9 Å². The van der Waals surface area contributed by atoms with E-state index in [1.54, 1.807) is 6.07 Å². The quantitative estimate of drug-likeness (QED) is 0.278. The zero-order chi connectivity index (χ0) is 19.8. The first kappa shape index (κ1) is 19.4.